The fourth-order valence-corrected chi connectivity index (χ4v) is 3.14. The summed E-state index contributed by atoms with van der Waals surface area (Å²) in [5, 5.41) is 6.65. The normalized spacial score (nSPS) is 12.1. The van der Waals surface area contributed by atoms with Crippen LogP contribution in [-0.4, -0.2) is 49.8 Å². The molecule has 2 N–H and O–H groups in total. The van der Waals surface area contributed by atoms with Crippen molar-refractivity contribution in [2.45, 2.75) is 39.1 Å². The van der Waals surface area contributed by atoms with Crippen LogP contribution in [0, 0.1) is 5.82 Å². The van der Waals surface area contributed by atoms with E-state index in [0.717, 1.165) is 42.5 Å². The van der Waals surface area contributed by atoms with Crippen LogP contribution >= 0.6 is 11.8 Å². The Balaban J connectivity index is 2.52. The van der Waals surface area contributed by atoms with Crippen molar-refractivity contribution in [3.63, 3.8) is 0 Å². The predicted octanol–water partition coefficient (Wildman–Crippen LogP) is 3.08. The molecule has 4 nitrogen and oxygen atoms in total. The molecule has 0 spiro atoms. The molecule has 0 fully saturated rings. The fraction of sp³-hybridized carbons (Fsp3) is 0.611. The highest BCUT2D eigenvalue weighted by molar-refractivity contribution is 7.97. The molecule has 1 aromatic carbocycles. The number of hydrogen-bond donors (Lipinski definition) is 2. The summed E-state index contributed by atoms with van der Waals surface area (Å²) in [5.74, 6) is 1.40. The van der Waals surface area contributed by atoms with Crippen molar-refractivity contribution in [1.29, 1.82) is 0 Å². The third-order valence-corrected chi connectivity index (χ3v) is 4.57. The van der Waals surface area contributed by atoms with E-state index in [-0.39, 0.29) is 5.82 Å². The number of nitrogens with zero attached hydrogens (tertiary/aromatic N) is 2. The number of benzene rings is 1. The molecule has 1 rings (SSSR count). The molecule has 0 radical (unpaired) electrons. The largest absolute Gasteiger partial charge is 0.355 e. The lowest BCUT2D eigenvalue weighted by Crippen LogP contribution is -2.42. The van der Waals surface area contributed by atoms with Crippen LogP contribution in [-0.2, 0) is 12.3 Å². The Morgan fingerprint density at radius 1 is 1.29 bits per heavy atom. The van der Waals surface area contributed by atoms with Crippen LogP contribution in [0.5, 0.6) is 0 Å². The van der Waals surface area contributed by atoms with Gasteiger partial charge < -0.3 is 10.6 Å². The number of hydrogen-bond acceptors (Lipinski definition) is 3. The SMILES string of the molecule is CCN(CCNC(=NC)NCc1ccc(F)cc1CSC)C(C)C. The van der Waals surface area contributed by atoms with Gasteiger partial charge in [0.25, 0.3) is 0 Å². The minimum atomic E-state index is -0.182. The van der Waals surface area contributed by atoms with E-state index < -0.39 is 0 Å². The first-order chi connectivity index (χ1) is 11.5. The smallest absolute Gasteiger partial charge is 0.191 e. The van der Waals surface area contributed by atoms with Gasteiger partial charge in [-0.1, -0.05) is 13.0 Å². The Kier molecular flexibility index (Phi) is 9.79. The van der Waals surface area contributed by atoms with E-state index in [1.807, 2.05) is 12.3 Å². The molecule has 0 aliphatic carbocycles. The van der Waals surface area contributed by atoms with E-state index in [1.54, 1.807) is 24.9 Å². The van der Waals surface area contributed by atoms with Crippen LogP contribution in [0.2, 0.25) is 0 Å². The number of halogens is 1. The second-order valence-electron chi connectivity index (χ2n) is 5.92. The van der Waals surface area contributed by atoms with Crippen molar-refractivity contribution < 1.29 is 4.39 Å². The lowest BCUT2D eigenvalue weighted by molar-refractivity contribution is 0.237. The van der Waals surface area contributed by atoms with Crippen LogP contribution in [0.25, 0.3) is 0 Å². The van der Waals surface area contributed by atoms with Gasteiger partial charge in [-0.3, -0.25) is 9.89 Å². The zero-order valence-electron chi connectivity index (χ0n) is 15.5. The Hall–Kier alpha value is -1.27. The zero-order chi connectivity index (χ0) is 17.9. The monoisotopic (exact) mass is 354 g/mol. The molecule has 0 aromatic heterocycles. The molecule has 1 aromatic rings. The molecule has 0 heterocycles. The highest BCUT2D eigenvalue weighted by Crippen LogP contribution is 2.16. The number of aliphatic imine (C=N–C) groups is 1. The van der Waals surface area contributed by atoms with Crippen molar-refractivity contribution in [2.24, 2.45) is 4.99 Å². The van der Waals surface area contributed by atoms with Gasteiger partial charge in [-0.25, -0.2) is 4.39 Å². The molecular weight excluding hydrogens is 323 g/mol. The standard InChI is InChI=1S/C18H31FN4S/c1-6-23(14(2)3)10-9-21-18(20-4)22-12-15-7-8-17(19)11-16(15)13-24-5/h7-8,11,14H,6,9-10,12-13H2,1-5H3,(H2,20,21,22). The van der Waals surface area contributed by atoms with Crippen LogP contribution in [0.4, 0.5) is 4.39 Å². The van der Waals surface area contributed by atoms with Crippen LogP contribution in [0.15, 0.2) is 23.2 Å². The minimum absolute atomic E-state index is 0.182. The number of nitrogens with one attached hydrogen (secondary N) is 2. The highest BCUT2D eigenvalue weighted by atomic mass is 32.2. The van der Waals surface area contributed by atoms with Crippen molar-refractivity contribution in [2.75, 3.05) is 32.9 Å². The molecule has 24 heavy (non-hydrogen) atoms. The highest BCUT2D eigenvalue weighted by Gasteiger charge is 2.08. The summed E-state index contributed by atoms with van der Waals surface area (Å²) >= 11 is 1.69. The topological polar surface area (TPSA) is 39.7 Å². The van der Waals surface area contributed by atoms with Crippen LogP contribution in [0.3, 0.4) is 0 Å². The van der Waals surface area contributed by atoms with E-state index in [4.69, 9.17) is 0 Å². The fourth-order valence-electron chi connectivity index (χ4n) is 2.56. The van der Waals surface area contributed by atoms with E-state index in [9.17, 15) is 4.39 Å². The molecule has 0 saturated carbocycles. The second-order valence-corrected chi connectivity index (χ2v) is 6.79. The van der Waals surface area contributed by atoms with E-state index >= 15 is 0 Å². The molecule has 0 amide bonds. The summed E-state index contributed by atoms with van der Waals surface area (Å²) in [6.07, 6.45) is 2.02. The van der Waals surface area contributed by atoms with Crippen molar-refractivity contribution >= 4 is 17.7 Å². The van der Waals surface area contributed by atoms with E-state index in [1.165, 1.54) is 6.07 Å². The Morgan fingerprint density at radius 2 is 2.04 bits per heavy atom. The molecule has 0 unspecified atom stereocenters. The van der Waals surface area contributed by atoms with Crippen molar-refractivity contribution in [1.82, 2.24) is 15.5 Å². The number of rotatable bonds is 9. The van der Waals surface area contributed by atoms with Gasteiger partial charge in [0.1, 0.15) is 5.82 Å². The Morgan fingerprint density at radius 3 is 2.62 bits per heavy atom. The average Bonchev–Trinajstić information content (AvgIpc) is 2.55. The lowest BCUT2D eigenvalue weighted by Gasteiger charge is -2.25. The maximum absolute atomic E-state index is 13.4. The third-order valence-electron chi connectivity index (χ3n) is 3.97. The molecule has 6 heteroatoms. The molecule has 0 bridgehead atoms. The first-order valence-corrected chi connectivity index (χ1v) is 9.86. The summed E-state index contributed by atoms with van der Waals surface area (Å²) in [7, 11) is 1.77. The van der Waals surface area contributed by atoms with Gasteiger partial charge in [-0.15, -0.1) is 0 Å². The summed E-state index contributed by atoms with van der Waals surface area (Å²) in [5.41, 5.74) is 2.13. The Labute approximate surface area is 150 Å². The lowest BCUT2D eigenvalue weighted by atomic mass is 10.1. The van der Waals surface area contributed by atoms with Gasteiger partial charge in [0, 0.05) is 38.5 Å². The molecule has 136 valence electrons. The van der Waals surface area contributed by atoms with Crippen LogP contribution < -0.4 is 10.6 Å². The van der Waals surface area contributed by atoms with E-state index in [0.29, 0.717) is 12.6 Å². The average molecular weight is 355 g/mol. The molecular formula is C18H31FN4S. The quantitative estimate of drug-likeness (QED) is 0.528. The number of guanidine groups is 1. The summed E-state index contributed by atoms with van der Waals surface area (Å²) in [6.45, 7) is 10.1. The van der Waals surface area contributed by atoms with Gasteiger partial charge in [0.2, 0.25) is 0 Å². The summed E-state index contributed by atoms with van der Waals surface area (Å²) in [4.78, 5) is 6.66. The number of likely N-dealkylation sites (N-methyl/N-ethyl adjacent to an activating group) is 1. The van der Waals surface area contributed by atoms with E-state index in [2.05, 4.69) is 41.3 Å². The molecule has 0 saturated heterocycles. The third kappa shape index (κ3) is 7.09. The van der Waals surface area contributed by atoms with Gasteiger partial charge in [0.05, 0.1) is 0 Å². The maximum Gasteiger partial charge on any atom is 0.191 e. The van der Waals surface area contributed by atoms with Crippen molar-refractivity contribution in [3.8, 4) is 0 Å². The minimum Gasteiger partial charge on any atom is -0.355 e. The molecule has 0 aliphatic heterocycles. The first-order valence-electron chi connectivity index (χ1n) is 8.46. The number of thioether (sulfide) groups is 1. The van der Waals surface area contributed by atoms with Gasteiger partial charge in [-0.05, 0) is 49.9 Å². The zero-order valence-corrected chi connectivity index (χ0v) is 16.3. The second kappa shape index (κ2) is 11.3. The van der Waals surface area contributed by atoms with Gasteiger partial charge >= 0.3 is 0 Å². The first kappa shape index (κ1) is 20.8. The summed E-state index contributed by atoms with van der Waals surface area (Å²) in [6, 6.07) is 5.52. The summed E-state index contributed by atoms with van der Waals surface area (Å²) < 4.78 is 13.4. The molecule has 0 atom stereocenters. The van der Waals surface area contributed by atoms with Crippen molar-refractivity contribution in [3.05, 3.63) is 35.1 Å². The van der Waals surface area contributed by atoms with Crippen LogP contribution in [0.1, 0.15) is 31.9 Å². The van der Waals surface area contributed by atoms with Gasteiger partial charge in [-0.2, -0.15) is 11.8 Å². The molecule has 0 aliphatic rings. The van der Waals surface area contributed by atoms with Gasteiger partial charge in [0.15, 0.2) is 5.96 Å². The maximum atomic E-state index is 13.4. The Bertz CT molecular complexity index is 520. The predicted molar refractivity (Wildman–Crippen MR) is 104 cm³/mol.